The van der Waals surface area contributed by atoms with E-state index in [-0.39, 0.29) is 0 Å². The van der Waals surface area contributed by atoms with Gasteiger partial charge < -0.3 is 9.13 Å². The zero-order valence-electron chi connectivity index (χ0n) is 41.5. The number of fused-ring (bicyclic) bond motifs is 20. The molecule has 4 heterocycles. The average Bonchev–Trinajstić information content (AvgIpc) is 4.39. The Balaban J connectivity index is 1.18. The van der Waals surface area contributed by atoms with E-state index in [0.717, 1.165) is 115 Å². The van der Waals surface area contributed by atoms with E-state index in [1.54, 1.807) is 0 Å². The smallest absolute Gasteiger partial charge is 0.102 e. The average molecular weight is 1020 g/mol. The van der Waals surface area contributed by atoms with Crippen molar-refractivity contribution in [1.29, 1.82) is 10.5 Å². The molecule has 78 heavy (non-hydrogen) atoms. The minimum atomic E-state index is 0.426. The molecule has 0 saturated carbocycles. The Bertz CT molecular complexity index is 5390. The first-order valence-corrected chi connectivity index (χ1v) is 27.8. The van der Waals surface area contributed by atoms with Crippen molar-refractivity contribution in [3.63, 3.8) is 0 Å². The van der Waals surface area contributed by atoms with Crippen LogP contribution in [0.15, 0.2) is 231 Å². The Labute approximate surface area is 453 Å². The van der Waals surface area contributed by atoms with Crippen molar-refractivity contribution in [2.24, 2.45) is 0 Å². The third kappa shape index (κ3) is 5.74. The number of hydrogen-bond donors (Lipinski definition) is 0. The van der Waals surface area contributed by atoms with Gasteiger partial charge in [0.25, 0.3) is 0 Å². The zero-order chi connectivity index (χ0) is 51.3. The molecule has 0 bridgehead atoms. The fraction of sp³-hybridized carbons (Fsp3) is 0. The van der Waals surface area contributed by atoms with Crippen molar-refractivity contribution in [1.82, 2.24) is 9.13 Å². The Kier molecular flexibility index (Phi) is 8.98. The highest BCUT2D eigenvalue weighted by molar-refractivity contribution is 7.27. The maximum atomic E-state index is 12.6. The van der Waals surface area contributed by atoms with Crippen molar-refractivity contribution in [2.45, 2.75) is 0 Å². The largest absolute Gasteiger partial charge is 0.307 e. The molecule has 0 N–H and O–H groups in total. The standard InChI is InChI=1S/C72H38N4S2/c73-39-57-65(55-37-41-17-1-3-19-43(41)45-21-5-7-23-47(45)55)58(40-74)70(76-60-30-14-10-28-54(60)67-62(76)36-34-52-50-26-12-16-32-64(50)78-72(52)67)68(56-38-42-18-2-4-20-44(42)46-22-6-8-24-48(46)56)69(57)75-59-29-13-9-27-53(59)66-61(75)35-33-51-49-25-11-15-31-63(49)77-71(51)66/h1-38H. The van der Waals surface area contributed by atoms with Crippen molar-refractivity contribution in [3.8, 4) is 45.8 Å². The molecule has 4 aromatic heterocycles. The molecule has 17 rings (SSSR count). The summed E-state index contributed by atoms with van der Waals surface area (Å²) >= 11 is 3.64. The summed E-state index contributed by atoms with van der Waals surface area (Å²) in [7, 11) is 0. The molecule has 358 valence electrons. The number of nitrogens with zero attached hydrogens (tertiary/aromatic N) is 4. The highest BCUT2D eigenvalue weighted by Gasteiger charge is 2.34. The molecule has 0 spiro atoms. The van der Waals surface area contributed by atoms with E-state index in [9.17, 15) is 10.5 Å². The van der Waals surface area contributed by atoms with Gasteiger partial charge in [0.15, 0.2) is 0 Å². The van der Waals surface area contributed by atoms with Crippen LogP contribution in [0, 0.1) is 22.7 Å². The van der Waals surface area contributed by atoms with E-state index in [1.165, 1.54) is 40.3 Å². The number of hydrogen-bond acceptors (Lipinski definition) is 4. The van der Waals surface area contributed by atoms with Gasteiger partial charge in [-0.2, -0.15) is 10.5 Å². The highest BCUT2D eigenvalue weighted by atomic mass is 32.1. The topological polar surface area (TPSA) is 57.4 Å². The Morgan fingerprint density at radius 1 is 0.295 bits per heavy atom. The quantitative estimate of drug-likeness (QED) is 0.165. The summed E-state index contributed by atoms with van der Waals surface area (Å²) in [6.45, 7) is 0. The van der Waals surface area contributed by atoms with Crippen LogP contribution in [0.3, 0.4) is 0 Å². The number of rotatable bonds is 4. The summed E-state index contributed by atoms with van der Waals surface area (Å²) in [5.41, 5.74) is 9.37. The van der Waals surface area contributed by atoms with Gasteiger partial charge in [-0.15, -0.1) is 22.7 Å². The van der Waals surface area contributed by atoms with Gasteiger partial charge >= 0.3 is 0 Å². The molecule has 0 aliphatic heterocycles. The monoisotopic (exact) mass is 1020 g/mol. The van der Waals surface area contributed by atoms with Crippen LogP contribution in [0.4, 0.5) is 0 Å². The van der Waals surface area contributed by atoms with E-state index in [1.807, 2.05) is 22.7 Å². The van der Waals surface area contributed by atoms with Crippen molar-refractivity contribution >= 4 is 150 Å². The molecule has 0 amide bonds. The van der Waals surface area contributed by atoms with Gasteiger partial charge in [-0.1, -0.05) is 182 Å². The van der Waals surface area contributed by atoms with Crippen molar-refractivity contribution in [3.05, 3.63) is 242 Å². The molecule has 0 radical (unpaired) electrons. The summed E-state index contributed by atoms with van der Waals surface area (Å²) in [5, 5.41) is 43.0. The second kappa shape index (κ2) is 16.2. The lowest BCUT2D eigenvalue weighted by molar-refractivity contribution is 1.12. The number of nitriles is 2. The van der Waals surface area contributed by atoms with Gasteiger partial charge in [0.05, 0.1) is 44.6 Å². The van der Waals surface area contributed by atoms with Crippen LogP contribution in [0.1, 0.15) is 11.1 Å². The summed E-state index contributed by atoms with van der Waals surface area (Å²) in [6.07, 6.45) is 0. The summed E-state index contributed by atoms with van der Waals surface area (Å²) in [5.74, 6) is 0. The van der Waals surface area contributed by atoms with Crippen LogP contribution in [0.25, 0.3) is 161 Å². The van der Waals surface area contributed by atoms with E-state index in [2.05, 4.69) is 252 Å². The van der Waals surface area contributed by atoms with E-state index < -0.39 is 0 Å². The maximum absolute atomic E-state index is 12.6. The van der Waals surface area contributed by atoms with Crippen molar-refractivity contribution < 1.29 is 0 Å². The summed E-state index contributed by atoms with van der Waals surface area (Å²) in [6, 6.07) is 88.4. The molecule has 0 atom stereocenters. The normalized spacial score (nSPS) is 12.1. The molecule has 0 fully saturated rings. The fourth-order valence-electron chi connectivity index (χ4n) is 13.4. The molecular formula is C72H38N4S2. The van der Waals surface area contributed by atoms with Crippen LogP contribution >= 0.6 is 22.7 Å². The molecule has 4 nitrogen and oxygen atoms in total. The molecule has 13 aromatic carbocycles. The number of benzene rings is 13. The second-order valence-corrected chi connectivity index (χ2v) is 22.5. The molecule has 6 heteroatoms. The molecule has 0 aliphatic carbocycles. The lowest BCUT2D eigenvalue weighted by Crippen LogP contribution is -2.11. The first-order valence-electron chi connectivity index (χ1n) is 26.2. The SMILES string of the molecule is N#Cc1c(-c2cc3ccccc3c3ccccc23)c(C#N)c(-n2c3ccccc3c3c4sc5ccccc5c4ccc32)c(-c2cc3ccccc3c3ccccc23)c1-n1c2ccccc2c2c3sc4ccccc4c3ccc21. The Morgan fingerprint density at radius 3 is 1.10 bits per heavy atom. The Hall–Kier alpha value is -10.1. The molecule has 0 unspecified atom stereocenters. The molecule has 0 aliphatic rings. The number of thiophene rings is 2. The van der Waals surface area contributed by atoms with Crippen LogP contribution in [-0.2, 0) is 0 Å². The fourth-order valence-corrected chi connectivity index (χ4v) is 15.9. The number of aromatic nitrogens is 2. The van der Waals surface area contributed by atoms with Gasteiger partial charge in [-0.05, 0) is 103 Å². The van der Waals surface area contributed by atoms with Gasteiger partial charge in [-0.25, -0.2) is 0 Å². The molecule has 0 saturated heterocycles. The van der Waals surface area contributed by atoms with E-state index in [0.29, 0.717) is 16.7 Å². The zero-order valence-corrected chi connectivity index (χ0v) is 43.2. The Morgan fingerprint density at radius 2 is 0.654 bits per heavy atom. The first kappa shape index (κ1) is 43.2. The maximum Gasteiger partial charge on any atom is 0.102 e. The van der Waals surface area contributed by atoms with Crippen LogP contribution in [0.2, 0.25) is 0 Å². The van der Waals surface area contributed by atoms with E-state index >= 15 is 0 Å². The number of para-hydroxylation sites is 2. The predicted molar refractivity (Wildman–Crippen MR) is 331 cm³/mol. The summed E-state index contributed by atoms with van der Waals surface area (Å²) < 4.78 is 9.60. The lowest BCUT2D eigenvalue weighted by atomic mass is 9.82. The third-order valence-corrected chi connectivity index (χ3v) is 19.0. The minimum Gasteiger partial charge on any atom is -0.307 e. The molecule has 17 aromatic rings. The second-order valence-electron chi connectivity index (χ2n) is 20.4. The van der Waals surface area contributed by atoms with Gasteiger partial charge in [0, 0.05) is 73.0 Å². The van der Waals surface area contributed by atoms with Crippen molar-refractivity contribution in [2.75, 3.05) is 0 Å². The molecular weight excluding hydrogens is 985 g/mol. The first-order chi connectivity index (χ1) is 38.7. The van der Waals surface area contributed by atoms with Gasteiger partial charge in [0.2, 0.25) is 0 Å². The lowest BCUT2D eigenvalue weighted by Gasteiger charge is -2.27. The van der Waals surface area contributed by atoms with Crippen LogP contribution < -0.4 is 0 Å². The van der Waals surface area contributed by atoms with Gasteiger partial charge in [-0.3, -0.25) is 0 Å². The summed E-state index contributed by atoms with van der Waals surface area (Å²) in [4.78, 5) is 0. The van der Waals surface area contributed by atoms with E-state index in [4.69, 9.17) is 0 Å². The van der Waals surface area contributed by atoms with Crippen LogP contribution in [0.5, 0.6) is 0 Å². The minimum absolute atomic E-state index is 0.426. The van der Waals surface area contributed by atoms with Gasteiger partial charge in [0.1, 0.15) is 12.1 Å². The highest BCUT2D eigenvalue weighted by Crippen LogP contribution is 2.54. The third-order valence-electron chi connectivity index (χ3n) is 16.6. The van der Waals surface area contributed by atoms with Crippen LogP contribution in [-0.4, -0.2) is 9.13 Å². The predicted octanol–water partition coefficient (Wildman–Crippen LogP) is 20.3.